The summed E-state index contributed by atoms with van der Waals surface area (Å²) in [5.41, 5.74) is 0. The minimum Gasteiger partial charge on any atom is -0.373 e. The molecule has 3 N–H and O–H groups in total. The molecule has 0 spiro atoms. The summed E-state index contributed by atoms with van der Waals surface area (Å²) in [6.45, 7) is 4.76. The van der Waals surface area contributed by atoms with Crippen LogP contribution in [0.25, 0.3) is 0 Å². The third-order valence-electron chi connectivity index (χ3n) is 2.85. The van der Waals surface area contributed by atoms with E-state index in [0.717, 1.165) is 17.5 Å². The highest BCUT2D eigenvalue weighted by atomic mass is 16.1. The smallest absolute Gasteiger partial charge is 0.222 e. The minimum absolute atomic E-state index is 0.0829. The highest BCUT2D eigenvalue weighted by molar-refractivity contribution is 5.79. The average Bonchev–Trinajstić information content (AvgIpc) is 2.74. The van der Waals surface area contributed by atoms with Crippen molar-refractivity contribution in [2.75, 3.05) is 24.2 Å². The maximum absolute atomic E-state index is 11.1. The SMILES string of the molecule is CNc1cc(NC2CNC(=O)C2)nc(C(C)C)n1. The molecule has 1 amide bonds. The molecule has 1 fully saturated rings. The highest BCUT2D eigenvalue weighted by Gasteiger charge is 2.21. The first kappa shape index (κ1) is 12.6. The second-order valence-electron chi connectivity index (χ2n) is 4.75. The van der Waals surface area contributed by atoms with Crippen LogP contribution in [0.5, 0.6) is 0 Å². The molecule has 2 rings (SSSR count). The van der Waals surface area contributed by atoms with Gasteiger partial charge >= 0.3 is 0 Å². The number of hydrogen-bond acceptors (Lipinski definition) is 5. The van der Waals surface area contributed by atoms with Gasteiger partial charge in [-0.1, -0.05) is 13.8 Å². The Morgan fingerprint density at radius 1 is 1.39 bits per heavy atom. The number of carbonyl (C=O) groups is 1. The second kappa shape index (κ2) is 5.20. The lowest BCUT2D eigenvalue weighted by Gasteiger charge is -2.14. The third kappa shape index (κ3) is 2.88. The van der Waals surface area contributed by atoms with E-state index in [1.54, 1.807) is 0 Å². The van der Waals surface area contributed by atoms with Crippen LogP contribution in [0.1, 0.15) is 32.0 Å². The maximum atomic E-state index is 11.1. The van der Waals surface area contributed by atoms with Crippen molar-refractivity contribution in [3.8, 4) is 0 Å². The van der Waals surface area contributed by atoms with E-state index in [9.17, 15) is 4.79 Å². The summed E-state index contributed by atoms with van der Waals surface area (Å²) < 4.78 is 0. The molecule has 1 aromatic heterocycles. The maximum Gasteiger partial charge on any atom is 0.222 e. The zero-order valence-electron chi connectivity index (χ0n) is 10.9. The van der Waals surface area contributed by atoms with Gasteiger partial charge in [0.1, 0.15) is 17.5 Å². The van der Waals surface area contributed by atoms with E-state index in [2.05, 4.69) is 39.8 Å². The molecule has 0 radical (unpaired) electrons. The van der Waals surface area contributed by atoms with Gasteiger partial charge in [-0.2, -0.15) is 0 Å². The van der Waals surface area contributed by atoms with Crippen LogP contribution in [0.3, 0.4) is 0 Å². The summed E-state index contributed by atoms with van der Waals surface area (Å²) in [5, 5.41) is 9.08. The summed E-state index contributed by atoms with van der Waals surface area (Å²) in [6.07, 6.45) is 0.496. The molecular formula is C12H19N5O. The van der Waals surface area contributed by atoms with Gasteiger partial charge in [-0.05, 0) is 0 Å². The molecule has 6 heteroatoms. The quantitative estimate of drug-likeness (QED) is 0.740. The third-order valence-corrected chi connectivity index (χ3v) is 2.85. The fraction of sp³-hybridized carbons (Fsp3) is 0.583. The van der Waals surface area contributed by atoms with Crippen molar-refractivity contribution in [1.82, 2.24) is 15.3 Å². The molecule has 1 aromatic rings. The van der Waals surface area contributed by atoms with Gasteiger partial charge in [0.05, 0.1) is 6.04 Å². The van der Waals surface area contributed by atoms with Gasteiger partial charge in [-0.3, -0.25) is 4.79 Å². The first-order valence-electron chi connectivity index (χ1n) is 6.18. The Labute approximate surface area is 107 Å². The van der Waals surface area contributed by atoms with Crippen molar-refractivity contribution in [1.29, 1.82) is 0 Å². The molecule has 1 aliphatic heterocycles. The number of amides is 1. The number of nitrogens with zero attached hydrogens (tertiary/aromatic N) is 2. The van der Waals surface area contributed by atoms with Crippen LogP contribution < -0.4 is 16.0 Å². The number of aromatic nitrogens is 2. The normalized spacial score (nSPS) is 18.9. The van der Waals surface area contributed by atoms with Crippen LogP contribution >= 0.6 is 0 Å². The molecule has 6 nitrogen and oxygen atoms in total. The monoisotopic (exact) mass is 249 g/mol. The Hall–Kier alpha value is -1.85. The van der Waals surface area contributed by atoms with Crippen molar-refractivity contribution < 1.29 is 4.79 Å². The predicted molar refractivity (Wildman–Crippen MR) is 70.7 cm³/mol. The van der Waals surface area contributed by atoms with Gasteiger partial charge in [0, 0.05) is 32.0 Å². The summed E-state index contributed by atoms with van der Waals surface area (Å²) in [5.74, 6) is 2.69. The highest BCUT2D eigenvalue weighted by Crippen LogP contribution is 2.18. The minimum atomic E-state index is 0.0829. The van der Waals surface area contributed by atoms with Crippen molar-refractivity contribution in [2.24, 2.45) is 0 Å². The largest absolute Gasteiger partial charge is 0.373 e. The van der Waals surface area contributed by atoms with Crippen molar-refractivity contribution in [2.45, 2.75) is 32.2 Å². The van der Waals surface area contributed by atoms with Gasteiger partial charge < -0.3 is 16.0 Å². The summed E-state index contributed by atoms with van der Waals surface area (Å²) in [4.78, 5) is 20.0. The van der Waals surface area contributed by atoms with Crippen molar-refractivity contribution in [3.63, 3.8) is 0 Å². The van der Waals surface area contributed by atoms with Crippen molar-refractivity contribution >= 4 is 17.5 Å². The van der Waals surface area contributed by atoms with Crippen LogP contribution in [0.15, 0.2) is 6.07 Å². The topological polar surface area (TPSA) is 78.9 Å². The molecule has 0 aliphatic carbocycles. The lowest BCUT2D eigenvalue weighted by Crippen LogP contribution is -2.23. The van der Waals surface area contributed by atoms with E-state index in [4.69, 9.17) is 0 Å². The molecule has 98 valence electrons. The van der Waals surface area contributed by atoms with Crippen molar-refractivity contribution in [3.05, 3.63) is 11.9 Å². The molecule has 0 bridgehead atoms. The van der Waals surface area contributed by atoms with E-state index >= 15 is 0 Å². The van der Waals surface area contributed by atoms with E-state index in [0.29, 0.717) is 13.0 Å². The predicted octanol–water partition coefficient (Wildman–Crippen LogP) is 0.942. The fourth-order valence-electron chi connectivity index (χ4n) is 1.84. The van der Waals surface area contributed by atoms with Crippen LogP contribution in [0, 0.1) is 0 Å². The lowest BCUT2D eigenvalue weighted by molar-refractivity contribution is -0.119. The van der Waals surface area contributed by atoms with E-state index < -0.39 is 0 Å². The molecule has 0 saturated carbocycles. The van der Waals surface area contributed by atoms with E-state index in [-0.39, 0.29) is 17.9 Å². The molecule has 1 saturated heterocycles. The molecule has 18 heavy (non-hydrogen) atoms. The molecule has 1 unspecified atom stereocenters. The standard InChI is InChI=1S/C12H19N5O/c1-7(2)12-16-9(13-3)5-10(17-12)15-8-4-11(18)14-6-8/h5,7-8H,4,6H2,1-3H3,(H,14,18)(H2,13,15,16,17). The van der Waals surface area contributed by atoms with E-state index in [1.165, 1.54) is 0 Å². The van der Waals surface area contributed by atoms with Gasteiger partial charge in [0.25, 0.3) is 0 Å². The first-order chi connectivity index (χ1) is 8.58. The summed E-state index contributed by atoms with van der Waals surface area (Å²) >= 11 is 0. The van der Waals surface area contributed by atoms with E-state index in [1.807, 2.05) is 13.1 Å². The Morgan fingerprint density at radius 3 is 2.67 bits per heavy atom. The molecular weight excluding hydrogens is 230 g/mol. The Bertz CT molecular complexity index is 446. The van der Waals surface area contributed by atoms with Crippen LogP contribution in [-0.4, -0.2) is 35.5 Å². The Morgan fingerprint density at radius 2 is 2.11 bits per heavy atom. The number of anilines is 2. The zero-order chi connectivity index (χ0) is 13.1. The second-order valence-corrected chi connectivity index (χ2v) is 4.75. The van der Waals surface area contributed by atoms with Gasteiger partial charge in [0.2, 0.25) is 5.91 Å². The summed E-state index contributed by atoms with van der Waals surface area (Å²) in [7, 11) is 1.83. The fourth-order valence-corrected chi connectivity index (χ4v) is 1.84. The lowest BCUT2D eigenvalue weighted by atomic mass is 10.2. The molecule has 2 heterocycles. The molecule has 1 atom stereocenters. The molecule has 0 aromatic carbocycles. The molecule has 1 aliphatic rings. The Balaban J connectivity index is 2.16. The Kier molecular flexibility index (Phi) is 3.64. The summed E-state index contributed by atoms with van der Waals surface area (Å²) in [6, 6.07) is 1.96. The van der Waals surface area contributed by atoms with Gasteiger partial charge in [-0.15, -0.1) is 0 Å². The number of nitrogens with one attached hydrogen (secondary N) is 3. The van der Waals surface area contributed by atoms with Crippen LogP contribution in [0.4, 0.5) is 11.6 Å². The van der Waals surface area contributed by atoms with Gasteiger partial charge in [0.15, 0.2) is 0 Å². The van der Waals surface area contributed by atoms with Crippen LogP contribution in [0.2, 0.25) is 0 Å². The average molecular weight is 249 g/mol. The number of hydrogen-bond donors (Lipinski definition) is 3. The van der Waals surface area contributed by atoms with Crippen LogP contribution in [-0.2, 0) is 4.79 Å². The van der Waals surface area contributed by atoms with Gasteiger partial charge in [-0.25, -0.2) is 9.97 Å². The zero-order valence-corrected chi connectivity index (χ0v) is 10.9. The first-order valence-corrected chi connectivity index (χ1v) is 6.18. The number of rotatable bonds is 4. The number of carbonyl (C=O) groups excluding carboxylic acids is 1.